The molecule has 0 saturated carbocycles. The highest BCUT2D eigenvalue weighted by atomic mass is 32.2. The molecule has 3 aromatic rings. The number of nitrogens with zero attached hydrogens (tertiary/aromatic N) is 3. The van der Waals surface area contributed by atoms with E-state index in [0.717, 1.165) is 72.3 Å². The molecule has 200 valence electrons. The molecular weight excluding hydrogens is 498 g/mol. The molecule has 0 radical (unpaired) electrons. The van der Waals surface area contributed by atoms with E-state index >= 15 is 0 Å². The standard InChI is InChI=1S/C29H35N5O3S/c1-29(2,3)37-28(36)32-22-9-4-7-20(17-22)8-6-14-33-15-12-21(13-16-33)31-27(35)24-18-23-19-30-25-10-5-11-26(38-24)34(23)25/h4-5,7,9-11,17-19,21H,6,8,12-16H2,1-3H3,(H,31,35)(H,32,36). The molecule has 0 aliphatic carbocycles. The van der Waals surface area contributed by atoms with Gasteiger partial charge in [0, 0.05) is 24.8 Å². The Morgan fingerprint density at radius 1 is 1.13 bits per heavy atom. The minimum atomic E-state index is -0.524. The van der Waals surface area contributed by atoms with Gasteiger partial charge in [0.05, 0.1) is 21.8 Å². The average molecular weight is 534 g/mol. The van der Waals surface area contributed by atoms with Crippen LogP contribution in [0.25, 0.3) is 11.7 Å². The largest absolute Gasteiger partial charge is 0.444 e. The molecule has 0 atom stereocenters. The first-order valence-corrected chi connectivity index (χ1v) is 14.0. The number of amides is 2. The second kappa shape index (κ2) is 11.2. The summed E-state index contributed by atoms with van der Waals surface area (Å²) in [5.41, 5.74) is 3.26. The summed E-state index contributed by atoms with van der Waals surface area (Å²) in [5.74, 6) is -0.00206. The number of carbonyl (C=O) groups is 2. The van der Waals surface area contributed by atoms with Crippen LogP contribution < -0.4 is 10.6 Å². The molecule has 8 nitrogen and oxygen atoms in total. The SMILES string of the molecule is CC(C)(C)OC(=O)Nc1cccc(CCCN2CCC(NC(=O)C3=Cc4cnc5cccc(n45)S3)CC2)c1. The Morgan fingerprint density at radius 3 is 2.71 bits per heavy atom. The van der Waals surface area contributed by atoms with E-state index in [-0.39, 0.29) is 11.9 Å². The van der Waals surface area contributed by atoms with Crippen molar-refractivity contribution in [1.82, 2.24) is 19.6 Å². The zero-order chi connectivity index (χ0) is 26.7. The van der Waals surface area contributed by atoms with Crippen molar-refractivity contribution in [3.05, 3.63) is 64.8 Å². The van der Waals surface area contributed by atoms with Crippen LogP contribution in [0.2, 0.25) is 0 Å². The van der Waals surface area contributed by atoms with E-state index in [1.807, 2.05) is 69.4 Å². The van der Waals surface area contributed by atoms with E-state index in [1.165, 1.54) is 17.3 Å². The summed E-state index contributed by atoms with van der Waals surface area (Å²) in [5, 5.41) is 7.09. The van der Waals surface area contributed by atoms with Gasteiger partial charge in [-0.1, -0.05) is 30.0 Å². The van der Waals surface area contributed by atoms with Crippen LogP contribution in [0.15, 0.2) is 58.6 Å². The molecule has 5 rings (SSSR count). The number of hydrogen-bond acceptors (Lipinski definition) is 6. The van der Waals surface area contributed by atoms with Crippen molar-refractivity contribution in [2.75, 3.05) is 25.0 Å². The first-order chi connectivity index (χ1) is 18.2. The topological polar surface area (TPSA) is 88.0 Å². The van der Waals surface area contributed by atoms with Crippen LogP contribution in [0.4, 0.5) is 10.5 Å². The van der Waals surface area contributed by atoms with Crippen LogP contribution >= 0.6 is 11.8 Å². The summed E-state index contributed by atoms with van der Waals surface area (Å²) in [6, 6.07) is 14.1. The Hall–Kier alpha value is -3.30. The maximum absolute atomic E-state index is 13.0. The molecule has 2 aliphatic heterocycles. The predicted octanol–water partition coefficient (Wildman–Crippen LogP) is 5.34. The summed E-state index contributed by atoms with van der Waals surface area (Å²) in [6.45, 7) is 8.52. The summed E-state index contributed by atoms with van der Waals surface area (Å²) in [4.78, 5) is 32.7. The number of ether oxygens (including phenoxy) is 1. The fourth-order valence-electron chi connectivity index (χ4n) is 4.89. The lowest BCUT2D eigenvalue weighted by atomic mass is 10.0. The van der Waals surface area contributed by atoms with Gasteiger partial charge in [-0.05, 0) is 88.9 Å². The van der Waals surface area contributed by atoms with Gasteiger partial charge in [0.2, 0.25) is 0 Å². The molecule has 0 unspecified atom stereocenters. The lowest BCUT2D eigenvalue weighted by Gasteiger charge is -2.32. The molecule has 4 heterocycles. The maximum Gasteiger partial charge on any atom is 0.412 e. The predicted molar refractivity (Wildman–Crippen MR) is 151 cm³/mol. The highest BCUT2D eigenvalue weighted by Gasteiger charge is 2.25. The van der Waals surface area contributed by atoms with Gasteiger partial charge in [-0.15, -0.1) is 0 Å². The van der Waals surface area contributed by atoms with Gasteiger partial charge in [-0.3, -0.25) is 14.5 Å². The number of imidazole rings is 1. The number of aryl methyl sites for hydroxylation is 1. The summed E-state index contributed by atoms with van der Waals surface area (Å²) in [7, 11) is 0. The second-order valence-corrected chi connectivity index (χ2v) is 11.9. The van der Waals surface area contributed by atoms with Crippen LogP contribution in [0.1, 0.15) is 51.3 Å². The fraction of sp³-hybridized carbons (Fsp3) is 0.414. The highest BCUT2D eigenvalue weighted by Crippen LogP contribution is 2.34. The molecule has 38 heavy (non-hydrogen) atoms. The van der Waals surface area contributed by atoms with Gasteiger partial charge in [0.1, 0.15) is 11.2 Å². The smallest absolute Gasteiger partial charge is 0.412 e. The number of likely N-dealkylation sites (tertiary alicyclic amines) is 1. The van der Waals surface area contributed by atoms with Gasteiger partial charge >= 0.3 is 6.09 Å². The Labute approximate surface area is 227 Å². The number of rotatable bonds is 7. The lowest BCUT2D eigenvalue weighted by Crippen LogP contribution is -2.45. The van der Waals surface area contributed by atoms with Gasteiger partial charge in [-0.2, -0.15) is 0 Å². The zero-order valence-electron chi connectivity index (χ0n) is 22.2. The number of thioether (sulfide) groups is 1. The van der Waals surface area contributed by atoms with Gasteiger partial charge < -0.3 is 15.0 Å². The summed E-state index contributed by atoms with van der Waals surface area (Å²) < 4.78 is 7.42. The van der Waals surface area contributed by atoms with Gasteiger partial charge in [0.15, 0.2) is 0 Å². The minimum Gasteiger partial charge on any atom is -0.444 e. The van der Waals surface area contributed by atoms with Crippen molar-refractivity contribution in [1.29, 1.82) is 0 Å². The van der Waals surface area contributed by atoms with E-state index in [2.05, 4.69) is 31.0 Å². The minimum absolute atomic E-state index is 0.00206. The molecular formula is C29H35N5O3S. The molecule has 2 aromatic heterocycles. The van der Waals surface area contributed by atoms with E-state index in [1.54, 1.807) is 0 Å². The number of aromatic nitrogens is 2. The molecule has 1 aromatic carbocycles. The number of pyridine rings is 1. The fourth-order valence-corrected chi connectivity index (χ4v) is 5.88. The van der Waals surface area contributed by atoms with Crippen LogP contribution in [0, 0.1) is 0 Å². The van der Waals surface area contributed by atoms with Crippen molar-refractivity contribution in [3.8, 4) is 0 Å². The monoisotopic (exact) mass is 533 g/mol. The molecule has 9 heteroatoms. The van der Waals surface area contributed by atoms with Gasteiger partial charge in [-0.25, -0.2) is 9.78 Å². The molecule has 0 bridgehead atoms. The first-order valence-electron chi connectivity index (χ1n) is 13.2. The lowest BCUT2D eigenvalue weighted by molar-refractivity contribution is -0.117. The first kappa shape index (κ1) is 26.3. The van der Waals surface area contributed by atoms with Crippen molar-refractivity contribution in [2.45, 2.75) is 63.1 Å². The van der Waals surface area contributed by atoms with Crippen molar-refractivity contribution >= 4 is 41.2 Å². The Morgan fingerprint density at radius 2 is 1.92 bits per heavy atom. The third kappa shape index (κ3) is 6.57. The summed E-state index contributed by atoms with van der Waals surface area (Å²) >= 11 is 1.50. The van der Waals surface area contributed by atoms with E-state index in [0.29, 0.717) is 0 Å². The molecule has 0 spiro atoms. The quantitative estimate of drug-likeness (QED) is 0.426. The van der Waals surface area contributed by atoms with Gasteiger partial charge in [0.25, 0.3) is 5.91 Å². The zero-order valence-corrected chi connectivity index (χ0v) is 23.0. The van der Waals surface area contributed by atoms with Crippen LogP contribution in [0.3, 0.4) is 0 Å². The van der Waals surface area contributed by atoms with E-state index in [9.17, 15) is 9.59 Å². The Bertz CT molecular complexity index is 1350. The number of carbonyl (C=O) groups excluding carboxylic acids is 2. The van der Waals surface area contributed by atoms with Crippen molar-refractivity contribution in [2.24, 2.45) is 0 Å². The normalized spacial score (nSPS) is 16.2. The summed E-state index contributed by atoms with van der Waals surface area (Å²) in [6.07, 6.45) is 7.19. The van der Waals surface area contributed by atoms with Crippen LogP contribution in [0.5, 0.6) is 0 Å². The Balaban J connectivity index is 1.04. The molecule has 1 fully saturated rings. The van der Waals surface area contributed by atoms with E-state index in [4.69, 9.17) is 4.74 Å². The van der Waals surface area contributed by atoms with E-state index < -0.39 is 11.7 Å². The molecule has 2 aliphatic rings. The third-order valence-electron chi connectivity index (χ3n) is 6.67. The third-order valence-corrected chi connectivity index (χ3v) is 7.72. The van der Waals surface area contributed by atoms with Crippen molar-refractivity contribution in [3.63, 3.8) is 0 Å². The molecule has 2 N–H and O–H groups in total. The second-order valence-electron chi connectivity index (χ2n) is 10.9. The number of anilines is 1. The average Bonchev–Trinajstić information content (AvgIpc) is 3.28. The highest BCUT2D eigenvalue weighted by molar-refractivity contribution is 8.04. The number of piperidine rings is 1. The number of hydrogen-bond donors (Lipinski definition) is 2. The number of benzene rings is 1. The van der Waals surface area contributed by atoms with Crippen LogP contribution in [-0.4, -0.2) is 57.6 Å². The Kier molecular flexibility index (Phi) is 7.76. The number of nitrogens with one attached hydrogen (secondary N) is 2. The maximum atomic E-state index is 13.0. The molecule has 2 amide bonds. The van der Waals surface area contributed by atoms with Crippen molar-refractivity contribution < 1.29 is 14.3 Å². The van der Waals surface area contributed by atoms with Crippen LogP contribution in [-0.2, 0) is 16.0 Å². The molecule has 1 saturated heterocycles.